The number of hydrogen-bond acceptors (Lipinski definition) is 5. The Morgan fingerprint density at radius 2 is 2.10 bits per heavy atom. The lowest BCUT2D eigenvalue weighted by Gasteiger charge is -2.13. The molecular weight excluding hydrogens is 278 g/mol. The van der Waals surface area contributed by atoms with Crippen LogP contribution in [0.3, 0.4) is 0 Å². The van der Waals surface area contributed by atoms with Gasteiger partial charge in [-0.05, 0) is 35.0 Å². The molecule has 20 heavy (non-hydrogen) atoms. The van der Waals surface area contributed by atoms with Gasteiger partial charge in [0.1, 0.15) is 0 Å². The van der Waals surface area contributed by atoms with E-state index in [2.05, 4.69) is 20.8 Å². The Labute approximate surface area is 123 Å². The van der Waals surface area contributed by atoms with Gasteiger partial charge in [0.15, 0.2) is 5.82 Å². The van der Waals surface area contributed by atoms with Crippen molar-refractivity contribution >= 4 is 11.6 Å². The Morgan fingerprint density at radius 1 is 1.35 bits per heavy atom. The first-order chi connectivity index (χ1) is 9.70. The number of nitrogens with one attached hydrogen (secondary N) is 1. The summed E-state index contributed by atoms with van der Waals surface area (Å²) in [7, 11) is 1.68. The third-order valence-corrected chi connectivity index (χ3v) is 3.20. The SMILES string of the molecule is COCCNC(C)c1nnnn1Cc1ccc(Cl)cc1. The highest BCUT2D eigenvalue weighted by Crippen LogP contribution is 2.13. The van der Waals surface area contributed by atoms with Crippen molar-refractivity contribution in [2.45, 2.75) is 19.5 Å². The van der Waals surface area contributed by atoms with Gasteiger partial charge in [-0.3, -0.25) is 0 Å². The number of halogens is 1. The van der Waals surface area contributed by atoms with E-state index in [-0.39, 0.29) is 6.04 Å². The van der Waals surface area contributed by atoms with Crippen LogP contribution >= 0.6 is 11.6 Å². The van der Waals surface area contributed by atoms with Gasteiger partial charge in [-0.2, -0.15) is 0 Å². The summed E-state index contributed by atoms with van der Waals surface area (Å²) < 4.78 is 6.80. The molecule has 1 N–H and O–H groups in total. The monoisotopic (exact) mass is 295 g/mol. The average Bonchev–Trinajstić information content (AvgIpc) is 2.90. The Balaban J connectivity index is 2.02. The van der Waals surface area contributed by atoms with Crippen LogP contribution in [0.4, 0.5) is 0 Å². The fourth-order valence-corrected chi connectivity index (χ4v) is 1.99. The van der Waals surface area contributed by atoms with Crippen molar-refractivity contribution in [1.82, 2.24) is 25.5 Å². The lowest BCUT2D eigenvalue weighted by Crippen LogP contribution is -2.26. The molecular formula is C13H18ClN5O. The summed E-state index contributed by atoms with van der Waals surface area (Å²) in [6.07, 6.45) is 0. The summed E-state index contributed by atoms with van der Waals surface area (Å²) in [6.45, 7) is 4.06. The molecule has 1 unspecified atom stereocenters. The smallest absolute Gasteiger partial charge is 0.168 e. The number of nitrogens with zero attached hydrogens (tertiary/aromatic N) is 4. The molecule has 2 rings (SSSR count). The third-order valence-electron chi connectivity index (χ3n) is 2.95. The Kier molecular flexibility index (Phi) is 5.46. The molecule has 2 aromatic rings. The van der Waals surface area contributed by atoms with E-state index in [1.807, 2.05) is 31.2 Å². The number of ether oxygens (including phenoxy) is 1. The first-order valence-corrected chi connectivity index (χ1v) is 6.81. The molecule has 0 fully saturated rings. The highest BCUT2D eigenvalue weighted by atomic mass is 35.5. The molecule has 0 saturated heterocycles. The number of hydrogen-bond donors (Lipinski definition) is 1. The van der Waals surface area contributed by atoms with Crippen LogP contribution < -0.4 is 5.32 Å². The van der Waals surface area contributed by atoms with E-state index < -0.39 is 0 Å². The van der Waals surface area contributed by atoms with Gasteiger partial charge in [-0.1, -0.05) is 23.7 Å². The van der Waals surface area contributed by atoms with Crippen molar-refractivity contribution in [1.29, 1.82) is 0 Å². The minimum Gasteiger partial charge on any atom is -0.383 e. The van der Waals surface area contributed by atoms with E-state index in [0.717, 1.165) is 23.0 Å². The lowest BCUT2D eigenvalue weighted by atomic mass is 10.2. The maximum absolute atomic E-state index is 5.88. The normalized spacial score (nSPS) is 12.6. The Bertz CT molecular complexity index is 528. The standard InChI is InChI=1S/C13H18ClN5O/c1-10(15-7-8-20-2)13-16-17-18-19(13)9-11-3-5-12(14)6-4-11/h3-6,10,15H,7-9H2,1-2H3. The van der Waals surface area contributed by atoms with Crippen molar-refractivity contribution in [3.63, 3.8) is 0 Å². The first kappa shape index (κ1) is 14.9. The van der Waals surface area contributed by atoms with Gasteiger partial charge in [0.05, 0.1) is 19.2 Å². The van der Waals surface area contributed by atoms with Gasteiger partial charge >= 0.3 is 0 Å². The van der Waals surface area contributed by atoms with E-state index in [1.165, 1.54) is 0 Å². The molecule has 0 aliphatic rings. The second kappa shape index (κ2) is 7.33. The van der Waals surface area contributed by atoms with Gasteiger partial charge in [0.2, 0.25) is 0 Å². The Hall–Kier alpha value is -1.50. The predicted octanol–water partition coefficient (Wildman–Crippen LogP) is 1.67. The molecule has 0 amide bonds. The molecule has 1 atom stereocenters. The van der Waals surface area contributed by atoms with Gasteiger partial charge in [0, 0.05) is 18.7 Å². The number of methoxy groups -OCH3 is 1. The zero-order valence-electron chi connectivity index (χ0n) is 11.6. The van der Waals surface area contributed by atoms with E-state index in [4.69, 9.17) is 16.3 Å². The van der Waals surface area contributed by atoms with E-state index in [1.54, 1.807) is 11.8 Å². The number of tetrazole rings is 1. The molecule has 0 saturated carbocycles. The van der Waals surface area contributed by atoms with Gasteiger partial charge in [-0.15, -0.1) is 5.10 Å². The minimum atomic E-state index is 0.0625. The van der Waals surface area contributed by atoms with Gasteiger partial charge < -0.3 is 10.1 Å². The molecule has 0 aliphatic heterocycles. The summed E-state index contributed by atoms with van der Waals surface area (Å²) >= 11 is 5.88. The maximum Gasteiger partial charge on any atom is 0.168 e. The molecule has 1 aromatic carbocycles. The summed E-state index contributed by atoms with van der Waals surface area (Å²) in [5, 5.41) is 15.9. The minimum absolute atomic E-state index is 0.0625. The van der Waals surface area contributed by atoms with Crippen LogP contribution in [0.2, 0.25) is 5.02 Å². The summed E-state index contributed by atoms with van der Waals surface area (Å²) in [4.78, 5) is 0. The quantitative estimate of drug-likeness (QED) is 0.787. The van der Waals surface area contributed by atoms with E-state index >= 15 is 0 Å². The van der Waals surface area contributed by atoms with E-state index in [0.29, 0.717) is 13.2 Å². The molecule has 6 nitrogen and oxygen atoms in total. The second-order valence-corrected chi connectivity index (χ2v) is 4.93. The number of aromatic nitrogens is 4. The number of benzene rings is 1. The average molecular weight is 296 g/mol. The van der Waals surface area contributed by atoms with Crippen LogP contribution in [0.5, 0.6) is 0 Å². The van der Waals surface area contributed by atoms with Crippen LogP contribution in [-0.2, 0) is 11.3 Å². The van der Waals surface area contributed by atoms with Crippen molar-refractivity contribution in [3.8, 4) is 0 Å². The number of rotatable bonds is 7. The molecule has 0 spiro atoms. The maximum atomic E-state index is 5.88. The lowest BCUT2D eigenvalue weighted by molar-refractivity contribution is 0.196. The predicted molar refractivity (Wildman–Crippen MR) is 76.7 cm³/mol. The fraction of sp³-hybridized carbons (Fsp3) is 0.462. The molecule has 1 heterocycles. The zero-order chi connectivity index (χ0) is 14.4. The zero-order valence-corrected chi connectivity index (χ0v) is 12.3. The largest absolute Gasteiger partial charge is 0.383 e. The van der Waals surface area contributed by atoms with Crippen molar-refractivity contribution in [2.24, 2.45) is 0 Å². The molecule has 0 aliphatic carbocycles. The van der Waals surface area contributed by atoms with E-state index in [9.17, 15) is 0 Å². The van der Waals surface area contributed by atoms with Crippen LogP contribution in [0.15, 0.2) is 24.3 Å². The van der Waals surface area contributed by atoms with Gasteiger partial charge in [-0.25, -0.2) is 4.68 Å². The molecule has 108 valence electrons. The van der Waals surface area contributed by atoms with Crippen LogP contribution in [-0.4, -0.2) is 40.5 Å². The van der Waals surface area contributed by atoms with Gasteiger partial charge in [0.25, 0.3) is 0 Å². The first-order valence-electron chi connectivity index (χ1n) is 6.43. The molecule has 0 bridgehead atoms. The van der Waals surface area contributed by atoms with Crippen LogP contribution in [0, 0.1) is 0 Å². The van der Waals surface area contributed by atoms with Crippen molar-refractivity contribution in [2.75, 3.05) is 20.3 Å². The Morgan fingerprint density at radius 3 is 2.80 bits per heavy atom. The topological polar surface area (TPSA) is 64.9 Å². The summed E-state index contributed by atoms with van der Waals surface area (Å²) in [6, 6.07) is 7.73. The van der Waals surface area contributed by atoms with Crippen LogP contribution in [0.25, 0.3) is 0 Å². The summed E-state index contributed by atoms with van der Waals surface area (Å²) in [5.41, 5.74) is 1.10. The van der Waals surface area contributed by atoms with Crippen LogP contribution in [0.1, 0.15) is 24.4 Å². The molecule has 0 radical (unpaired) electrons. The fourth-order valence-electron chi connectivity index (χ4n) is 1.87. The van der Waals surface area contributed by atoms with Crippen molar-refractivity contribution < 1.29 is 4.74 Å². The van der Waals surface area contributed by atoms with Crippen molar-refractivity contribution in [3.05, 3.63) is 40.7 Å². The summed E-state index contributed by atoms with van der Waals surface area (Å²) in [5.74, 6) is 0.802. The highest BCUT2D eigenvalue weighted by molar-refractivity contribution is 6.30. The molecule has 1 aromatic heterocycles. The third kappa shape index (κ3) is 4.00. The second-order valence-electron chi connectivity index (χ2n) is 4.49. The highest BCUT2D eigenvalue weighted by Gasteiger charge is 2.13. The molecule has 7 heteroatoms.